The molecule has 1 saturated heterocycles. The van der Waals surface area contributed by atoms with Crippen molar-refractivity contribution >= 4 is 5.82 Å². The van der Waals surface area contributed by atoms with E-state index < -0.39 is 0 Å². The number of aromatic nitrogens is 3. The molecule has 1 unspecified atom stereocenters. The molecule has 0 aromatic carbocycles. The van der Waals surface area contributed by atoms with Crippen molar-refractivity contribution in [3.63, 3.8) is 0 Å². The van der Waals surface area contributed by atoms with Gasteiger partial charge in [-0.1, -0.05) is 12.1 Å². The molecule has 0 spiro atoms. The number of hydrogen-bond donors (Lipinski definition) is 1. The normalized spacial score (nSPS) is 19.6. The van der Waals surface area contributed by atoms with E-state index in [1.54, 1.807) is 0 Å². The Morgan fingerprint density at radius 3 is 2.76 bits per heavy atom. The van der Waals surface area contributed by atoms with Crippen molar-refractivity contribution in [1.29, 1.82) is 0 Å². The molecule has 2 N–H and O–H groups in total. The maximum Gasteiger partial charge on any atom is 0.147 e. The summed E-state index contributed by atoms with van der Waals surface area (Å²) >= 11 is 0. The zero-order chi connectivity index (χ0) is 12.3. The van der Waals surface area contributed by atoms with Crippen LogP contribution in [0.15, 0.2) is 6.20 Å². The second-order valence-corrected chi connectivity index (χ2v) is 5.00. The minimum Gasteiger partial charge on any atom is -0.355 e. The van der Waals surface area contributed by atoms with Gasteiger partial charge in [0, 0.05) is 25.7 Å². The number of rotatable bonds is 4. The Kier molecular flexibility index (Phi) is 3.99. The van der Waals surface area contributed by atoms with Crippen LogP contribution in [-0.4, -0.2) is 34.1 Å². The first-order valence-electron chi connectivity index (χ1n) is 6.61. The lowest BCUT2D eigenvalue weighted by molar-refractivity contribution is 0.351. The van der Waals surface area contributed by atoms with Gasteiger partial charge in [-0.2, -0.15) is 0 Å². The molecule has 1 aliphatic heterocycles. The highest BCUT2D eigenvalue weighted by Gasteiger charge is 2.23. The number of anilines is 1. The van der Waals surface area contributed by atoms with Gasteiger partial charge in [-0.25, -0.2) is 4.68 Å². The lowest BCUT2D eigenvalue weighted by Gasteiger charge is -2.34. The van der Waals surface area contributed by atoms with Gasteiger partial charge in [0.2, 0.25) is 0 Å². The highest BCUT2D eigenvalue weighted by Crippen LogP contribution is 2.24. The minimum absolute atomic E-state index is 0.316. The third-order valence-corrected chi connectivity index (χ3v) is 3.64. The monoisotopic (exact) mass is 237 g/mol. The summed E-state index contributed by atoms with van der Waals surface area (Å²) in [6, 6.07) is 0.316. The van der Waals surface area contributed by atoms with Gasteiger partial charge in [-0.3, -0.25) is 0 Å². The van der Waals surface area contributed by atoms with Crippen molar-refractivity contribution in [2.75, 3.05) is 18.0 Å². The quantitative estimate of drug-likeness (QED) is 0.856. The largest absolute Gasteiger partial charge is 0.355 e. The topological polar surface area (TPSA) is 60.0 Å². The summed E-state index contributed by atoms with van der Waals surface area (Å²) in [4.78, 5) is 2.38. The molecule has 17 heavy (non-hydrogen) atoms. The predicted molar refractivity (Wildman–Crippen MR) is 68.9 cm³/mol. The van der Waals surface area contributed by atoms with Crippen LogP contribution < -0.4 is 10.6 Å². The van der Waals surface area contributed by atoms with Crippen LogP contribution in [0, 0.1) is 5.92 Å². The van der Waals surface area contributed by atoms with Crippen LogP contribution in [0.3, 0.4) is 0 Å². The molecule has 0 amide bonds. The Balaban J connectivity index is 1.98. The van der Waals surface area contributed by atoms with Gasteiger partial charge in [0.05, 0.1) is 6.20 Å². The third-order valence-electron chi connectivity index (χ3n) is 3.64. The molecular formula is C12H23N5. The average molecular weight is 237 g/mol. The second-order valence-electron chi connectivity index (χ2n) is 5.00. The van der Waals surface area contributed by atoms with E-state index in [1.807, 2.05) is 10.9 Å². The number of nitrogens with two attached hydrogens (primary N) is 1. The first kappa shape index (κ1) is 12.4. The summed E-state index contributed by atoms with van der Waals surface area (Å²) in [5, 5.41) is 8.15. The van der Waals surface area contributed by atoms with Gasteiger partial charge in [-0.15, -0.1) is 5.10 Å². The summed E-state index contributed by atoms with van der Waals surface area (Å²) in [5.41, 5.74) is 5.96. The lowest BCUT2D eigenvalue weighted by atomic mass is 9.91. The predicted octanol–water partition coefficient (Wildman–Crippen LogP) is 1.25. The van der Waals surface area contributed by atoms with E-state index in [9.17, 15) is 0 Å². The zero-order valence-electron chi connectivity index (χ0n) is 10.8. The highest BCUT2D eigenvalue weighted by atomic mass is 15.5. The van der Waals surface area contributed by atoms with E-state index in [0.717, 1.165) is 31.9 Å². The number of aryl methyl sites for hydroxylation is 1. The molecule has 0 bridgehead atoms. The lowest BCUT2D eigenvalue weighted by Crippen LogP contribution is -2.40. The summed E-state index contributed by atoms with van der Waals surface area (Å²) < 4.78 is 2.01. The Hall–Kier alpha value is -1.10. The fourth-order valence-corrected chi connectivity index (χ4v) is 2.52. The molecule has 1 atom stereocenters. The molecule has 2 heterocycles. The average Bonchev–Trinajstić information content (AvgIpc) is 2.78. The van der Waals surface area contributed by atoms with E-state index in [-0.39, 0.29) is 0 Å². The molecule has 1 aromatic heterocycles. The van der Waals surface area contributed by atoms with Crippen LogP contribution >= 0.6 is 0 Å². The summed E-state index contributed by atoms with van der Waals surface area (Å²) in [5.74, 6) is 1.83. The molecule has 5 heteroatoms. The van der Waals surface area contributed by atoms with Crippen LogP contribution in [-0.2, 0) is 6.54 Å². The maximum atomic E-state index is 5.96. The molecule has 5 nitrogen and oxygen atoms in total. The molecule has 2 rings (SSSR count). The molecule has 0 aliphatic carbocycles. The number of piperidine rings is 1. The molecule has 1 fully saturated rings. The molecule has 1 aliphatic rings. The fraction of sp³-hybridized carbons (Fsp3) is 0.833. The number of hydrogen-bond acceptors (Lipinski definition) is 4. The third kappa shape index (κ3) is 2.77. The van der Waals surface area contributed by atoms with E-state index >= 15 is 0 Å². The first-order chi connectivity index (χ1) is 8.22. The fourth-order valence-electron chi connectivity index (χ4n) is 2.52. The van der Waals surface area contributed by atoms with Gasteiger partial charge in [0.25, 0.3) is 0 Å². The number of nitrogens with zero attached hydrogens (tertiary/aromatic N) is 4. The van der Waals surface area contributed by atoms with Gasteiger partial charge in [0.15, 0.2) is 0 Å². The first-order valence-corrected chi connectivity index (χ1v) is 6.61. The van der Waals surface area contributed by atoms with Crippen LogP contribution in [0.4, 0.5) is 5.82 Å². The van der Waals surface area contributed by atoms with Gasteiger partial charge < -0.3 is 10.6 Å². The Labute approximate surface area is 103 Å². The molecule has 96 valence electrons. The SMILES string of the molecule is CCCn1nncc1N1CCC(C(C)N)CC1. The summed E-state index contributed by atoms with van der Waals surface area (Å²) in [6.45, 7) is 7.37. The van der Waals surface area contributed by atoms with Gasteiger partial charge in [0.1, 0.15) is 5.82 Å². The van der Waals surface area contributed by atoms with E-state index in [2.05, 4.69) is 29.1 Å². The van der Waals surface area contributed by atoms with Crippen molar-refractivity contribution in [1.82, 2.24) is 15.0 Å². The van der Waals surface area contributed by atoms with Crippen molar-refractivity contribution in [3.05, 3.63) is 6.20 Å². The maximum absolute atomic E-state index is 5.96. The van der Waals surface area contributed by atoms with Crippen LogP contribution in [0.25, 0.3) is 0 Å². The van der Waals surface area contributed by atoms with Crippen molar-refractivity contribution < 1.29 is 0 Å². The Bertz CT molecular complexity index is 338. The van der Waals surface area contributed by atoms with Gasteiger partial charge >= 0.3 is 0 Å². The Morgan fingerprint density at radius 1 is 1.47 bits per heavy atom. The molecule has 0 saturated carbocycles. The van der Waals surface area contributed by atoms with E-state index in [1.165, 1.54) is 12.8 Å². The Morgan fingerprint density at radius 2 is 2.18 bits per heavy atom. The van der Waals surface area contributed by atoms with E-state index in [4.69, 9.17) is 5.73 Å². The summed E-state index contributed by atoms with van der Waals surface area (Å²) in [7, 11) is 0. The van der Waals surface area contributed by atoms with Crippen molar-refractivity contribution in [2.24, 2.45) is 11.7 Å². The van der Waals surface area contributed by atoms with E-state index in [0.29, 0.717) is 12.0 Å². The minimum atomic E-state index is 0.316. The molecule has 1 aromatic rings. The van der Waals surface area contributed by atoms with Crippen molar-refractivity contribution in [2.45, 2.75) is 45.7 Å². The van der Waals surface area contributed by atoms with Crippen molar-refractivity contribution in [3.8, 4) is 0 Å². The van der Waals surface area contributed by atoms with Gasteiger partial charge in [-0.05, 0) is 32.1 Å². The molecular weight excluding hydrogens is 214 g/mol. The second kappa shape index (κ2) is 5.49. The summed E-state index contributed by atoms with van der Waals surface area (Å²) in [6.07, 6.45) is 5.32. The van der Waals surface area contributed by atoms with Crippen LogP contribution in [0.1, 0.15) is 33.1 Å². The molecule has 0 radical (unpaired) electrons. The smallest absolute Gasteiger partial charge is 0.147 e. The van der Waals surface area contributed by atoms with Crippen LogP contribution in [0.5, 0.6) is 0 Å². The standard InChI is InChI=1S/C12H23N5/c1-3-6-17-12(9-14-15-17)16-7-4-11(5-8-16)10(2)13/h9-11H,3-8,13H2,1-2H3. The van der Waals surface area contributed by atoms with Crippen LogP contribution in [0.2, 0.25) is 0 Å². The zero-order valence-corrected chi connectivity index (χ0v) is 10.8. The highest BCUT2D eigenvalue weighted by molar-refractivity contribution is 5.36.